The van der Waals surface area contributed by atoms with Crippen LogP contribution in [0.15, 0.2) is 24.3 Å². The largest absolute Gasteiger partial charge is 0.507 e. The highest BCUT2D eigenvalue weighted by atomic mass is 16.3. The second-order valence-electron chi connectivity index (χ2n) is 3.28. The summed E-state index contributed by atoms with van der Waals surface area (Å²) in [5, 5.41) is 11.9. The molecule has 2 N–H and O–H groups in total. The molecule has 0 bridgehead atoms. The van der Waals surface area contributed by atoms with Gasteiger partial charge in [-0.15, -0.1) is 0 Å². The standard InChI is InChI=1S/C12H13NO3/c1-9(15)13-6-2-3-10-4-5-12(16)11(7-10)8-14/h2-5,7-8,16H,6H2,1H3,(H,13,15). The molecular weight excluding hydrogens is 206 g/mol. The summed E-state index contributed by atoms with van der Waals surface area (Å²) in [6, 6.07) is 4.72. The number of rotatable bonds is 4. The lowest BCUT2D eigenvalue weighted by Gasteiger charge is -1.99. The van der Waals surface area contributed by atoms with Crippen molar-refractivity contribution in [1.82, 2.24) is 5.32 Å². The molecule has 1 rings (SSSR count). The van der Waals surface area contributed by atoms with Crippen LogP contribution >= 0.6 is 0 Å². The molecule has 1 amide bonds. The Hall–Kier alpha value is -2.10. The number of carbonyl (C=O) groups excluding carboxylic acids is 2. The summed E-state index contributed by atoms with van der Waals surface area (Å²) >= 11 is 0. The number of hydrogen-bond acceptors (Lipinski definition) is 3. The molecule has 0 fully saturated rings. The quantitative estimate of drug-likeness (QED) is 0.751. The molecular formula is C12H13NO3. The number of phenols is 1. The van der Waals surface area contributed by atoms with Gasteiger partial charge in [0.15, 0.2) is 6.29 Å². The van der Waals surface area contributed by atoms with Crippen LogP contribution in [0.5, 0.6) is 5.75 Å². The van der Waals surface area contributed by atoms with Crippen molar-refractivity contribution < 1.29 is 14.7 Å². The monoisotopic (exact) mass is 219 g/mol. The molecule has 0 aliphatic rings. The van der Waals surface area contributed by atoms with Gasteiger partial charge in [0.1, 0.15) is 5.75 Å². The summed E-state index contributed by atoms with van der Waals surface area (Å²) in [4.78, 5) is 21.1. The molecule has 0 saturated carbocycles. The number of nitrogens with one attached hydrogen (secondary N) is 1. The zero-order chi connectivity index (χ0) is 12.0. The number of aromatic hydroxyl groups is 1. The summed E-state index contributed by atoms with van der Waals surface area (Å²) in [5.74, 6) is -0.127. The van der Waals surface area contributed by atoms with Crippen LogP contribution in [-0.2, 0) is 4.79 Å². The van der Waals surface area contributed by atoms with E-state index in [0.29, 0.717) is 12.8 Å². The van der Waals surface area contributed by atoms with E-state index in [0.717, 1.165) is 5.56 Å². The van der Waals surface area contributed by atoms with Crippen LogP contribution in [-0.4, -0.2) is 23.8 Å². The molecule has 0 aliphatic heterocycles. The lowest BCUT2D eigenvalue weighted by atomic mass is 10.1. The number of hydrogen-bond donors (Lipinski definition) is 2. The average Bonchev–Trinajstić information content (AvgIpc) is 2.26. The highest BCUT2D eigenvalue weighted by Gasteiger charge is 1.98. The number of aldehydes is 1. The van der Waals surface area contributed by atoms with Crippen molar-refractivity contribution in [2.75, 3.05) is 6.54 Å². The molecule has 1 aromatic carbocycles. The van der Waals surface area contributed by atoms with E-state index in [-0.39, 0.29) is 17.2 Å². The highest BCUT2D eigenvalue weighted by Crippen LogP contribution is 2.16. The lowest BCUT2D eigenvalue weighted by molar-refractivity contribution is -0.118. The Bertz CT molecular complexity index is 424. The Morgan fingerprint density at radius 2 is 2.25 bits per heavy atom. The van der Waals surface area contributed by atoms with Crippen molar-refractivity contribution in [3.63, 3.8) is 0 Å². The fourth-order valence-corrected chi connectivity index (χ4v) is 1.17. The third kappa shape index (κ3) is 3.57. The molecule has 0 heterocycles. The van der Waals surface area contributed by atoms with Crippen molar-refractivity contribution >= 4 is 18.3 Å². The predicted molar refractivity (Wildman–Crippen MR) is 61.2 cm³/mol. The first-order chi connectivity index (χ1) is 7.63. The average molecular weight is 219 g/mol. The second-order valence-corrected chi connectivity index (χ2v) is 3.28. The van der Waals surface area contributed by atoms with Crippen molar-refractivity contribution in [2.45, 2.75) is 6.92 Å². The Labute approximate surface area is 93.6 Å². The van der Waals surface area contributed by atoms with Crippen molar-refractivity contribution in [2.24, 2.45) is 0 Å². The molecule has 0 aromatic heterocycles. The van der Waals surface area contributed by atoms with Gasteiger partial charge in [-0.25, -0.2) is 0 Å². The van der Waals surface area contributed by atoms with Crippen molar-refractivity contribution in [1.29, 1.82) is 0 Å². The van der Waals surface area contributed by atoms with Crippen molar-refractivity contribution in [3.8, 4) is 5.75 Å². The summed E-state index contributed by atoms with van der Waals surface area (Å²) in [6.45, 7) is 1.88. The first kappa shape index (κ1) is 12.0. The van der Waals surface area contributed by atoms with E-state index in [4.69, 9.17) is 0 Å². The van der Waals surface area contributed by atoms with Gasteiger partial charge < -0.3 is 10.4 Å². The minimum Gasteiger partial charge on any atom is -0.507 e. The summed E-state index contributed by atoms with van der Waals surface area (Å²) in [7, 11) is 0. The highest BCUT2D eigenvalue weighted by molar-refractivity contribution is 5.80. The van der Waals surface area contributed by atoms with Crippen LogP contribution in [0, 0.1) is 0 Å². The maximum Gasteiger partial charge on any atom is 0.217 e. The molecule has 0 atom stereocenters. The van der Waals surface area contributed by atoms with Crippen molar-refractivity contribution in [3.05, 3.63) is 35.4 Å². The van der Waals surface area contributed by atoms with Gasteiger partial charge in [-0.2, -0.15) is 0 Å². The zero-order valence-electron chi connectivity index (χ0n) is 8.93. The molecule has 1 aromatic rings. The van der Waals surface area contributed by atoms with Gasteiger partial charge in [-0.3, -0.25) is 9.59 Å². The molecule has 16 heavy (non-hydrogen) atoms. The van der Waals surface area contributed by atoms with Gasteiger partial charge in [-0.05, 0) is 17.7 Å². The molecule has 0 spiro atoms. The van der Waals surface area contributed by atoms with Crippen LogP contribution in [0.4, 0.5) is 0 Å². The van der Waals surface area contributed by atoms with E-state index in [2.05, 4.69) is 5.32 Å². The van der Waals surface area contributed by atoms with Crippen LogP contribution in [0.3, 0.4) is 0 Å². The Morgan fingerprint density at radius 3 is 2.88 bits per heavy atom. The summed E-state index contributed by atoms with van der Waals surface area (Å²) in [6.07, 6.45) is 4.13. The smallest absolute Gasteiger partial charge is 0.217 e. The first-order valence-electron chi connectivity index (χ1n) is 4.82. The number of carbonyl (C=O) groups is 2. The topological polar surface area (TPSA) is 66.4 Å². The van der Waals surface area contributed by atoms with Gasteiger partial charge >= 0.3 is 0 Å². The number of amides is 1. The van der Waals surface area contributed by atoms with E-state index in [1.54, 1.807) is 24.3 Å². The van der Waals surface area contributed by atoms with E-state index >= 15 is 0 Å². The normalized spacial score (nSPS) is 10.3. The summed E-state index contributed by atoms with van der Waals surface area (Å²) < 4.78 is 0. The van der Waals surface area contributed by atoms with E-state index in [9.17, 15) is 14.7 Å². The number of phenolic OH excluding ortho intramolecular Hbond substituents is 1. The van der Waals surface area contributed by atoms with Gasteiger partial charge in [0.2, 0.25) is 5.91 Å². The van der Waals surface area contributed by atoms with E-state index in [1.807, 2.05) is 0 Å². The zero-order valence-corrected chi connectivity index (χ0v) is 8.93. The van der Waals surface area contributed by atoms with Crippen LogP contribution < -0.4 is 5.32 Å². The van der Waals surface area contributed by atoms with Crippen LogP contribution in [0.2, 0.25) is 0 Å². The Morgan fingerprint density at radius 1 is 1.50 bits per heavy atom. The predicted octanol–water partition coefficient (Wildman–Crippen LogP) is 1.35. The van der Waals surface area contributed by atoms with Gasteiger partial charge in [0.05, 0.1) is 5.56 Å². The minimum absolute atomic E-state index is 0.0333. The molecule has 0 saturated heterocycles. The molecule has 84 valence electrons. The molecule has 4 heteroatoms. The first-order valence-corrected chi connectivity index (χ1v) is 4.82. The fraction of sp³-hybridized carbons (Fsp3) is 0.167. The second kappa shape index (κ2) is 5.70. The van der Waals surface area contributed by atoms with Crippen LogP contribution in [0.25, 0.3) is 6.08 Å². The van der Waals surface area contributed by atoms with E-state index in [1.165, 1.54) is 13.0 Å². The Balaban J connectivity index is 2.67. The molecule has 0 aliphatic carbocycles. The van der Waals surface area contributed by atoms with Gasteiger partial charge in [0.25, 0.3) is 0 Å². The third-order valence-electron chi connectivity index (χ3n) is 1.96. The Kier molecular flexibility index (Phi) is 4.27. The fourth-order valence-electron chi connectivity index (χ4n) is 1.17. The van der Waals surface area contributed by atoms with Gasteiger partial charge in [0, 0.05) is 13.5 Å². The SMILES string of the molecule is CC(=O)NCC=Cc1ccc(O)c(C=O)c1. The molecule has 0 radical (unpaired) electrons. The number of benzene rings is 1. The van der Waals surface area contributed by atoms with Crippen LogP contribution in [0.1, 0.15) is 22.8 Å². The summed E-state index contributed by atoms with van der Waals surface area (Å²) in [5.41, 5.74) is 1.05. The van der Waals surface area contributed by atoms with E-state index < -0.39 is 0 Å². The lowest BCUT2D eigenvalue weighted by Crippen LogP contribution is -2.19. The molecule has 4 nitrogen and oxygen atoms in total. The minimum atomic E-state index is -0.0936. The maximum absolute atomic E-state index is 10.6. The third-order valence-corrected chi connectivity index (χ3v) is 1.96. The van der Waals surface area contributed by atoms with Gasteiger partial charge in [-0.1, -0.05) is 18.2 Å². The molecule has 0 unspecified atom stereocenters. The maximum atomic E-state index is 10.6.